The number of hydrogen-bond donors (Lipinski definition) is 1. The molecular formula is C21H25N3O3. The molecule has 1 aromatic heterocycles. The van der Waals surface area contributed by atoms with Crippen molar-refractivity contribution in [1.29, 1.82) is 0 Å². The Kier molecular flexibility index (Phi) is 4.83. The van der Waals surface area contributed by atoms with Gasteiger partial charge in [-0.05, 0) is 31.7 Å². The summed E-state index contributed by atoms with van der Waals surface area (Å²) in [4.78, 5) is 23.3. The minimum absolute atomic E-state index is 0.0342. The number of ether oxygens (including phenoxy) is 1. The van der Waals surface area contributed by atoms with E-state index in [9.17, 15) is 9.90 Å². The molecule has 2 unspecified atom stereocenters. The van der Waals surface area contributed by atoms with E-state index < -0.39 is 5.60 Å². The number of nitrogens with zero attached hydrogens (tertiary/aromatic N) is 3. The van der Waals surface area contributed by atoms with Crippen molar-refractivity contribution in [3.05, 3.63) is 59.7 Å². The van der Waals surface area contributed by atoms with Gasteiger partial charge in [0.15, 0.2) is 0 Å². The van der Waals surface area contributed by atoms with Gasteiger partial charge in [0.2, 0.25) is 0 Å². The van der Waals surface area contributed by atoms with Gasteiger partial charge in [0.1, 0.15) is 12.2 Å². The van der Waals surface area contributed by atoms with Gasteiger partial charge in [-0.3, -0.25) is 9.97 Å². The summed E-state index contributed by atoms with van der Waals surface area (Å²) in [6.45, 7) is 2.14. The molecule has 4 rings (SSSR count). The predicted octanol–water partition coefficient (Wildman–Crippen LogP) is 3.33. The van der Waals surface area contributed by atoms with Crippen LogP contribution >= 0.6 is 0 Å². The van der Waals surface area contributed by atoms with Crippen molar-refractivity contribution in [1.82, 2.24) is 14.9 Å². The average molecular weight is 367 g/mol. The zero-order valence-electron chi connectivity index (χ0n) is 15.5. The SMILES string of the molecule is Cc1cncc(C2(O)CC3CCCC(C2)N3C(=O)OCc2ccccc2)n1. The number of amides is 1. The van der Waals surface area contributed by atoms with Gasteiger partial charge in [-0.2, -0.15) is 0 Å². The fourth-order valence-electron chi connectivity index (χ4n) is 4.42. The van der Waals surface area contributed by atoms with Gasteiger partial charge in [-0.1, -0.05) is 30.3 Å². The van der Waals surface area contributed by atoms with Crippen LogP contribution in [-0.2, 0) is 16.9 Å². The van der Waals surface area contributed by atoms with Crippen LogP contribution in [0.5, 0.6) is 0 Å². The normalized spacial score (nSPS) is 27.3. The molecule has 0 aliphatic carbocycles. The number of carbonyl (C=O) groups is 1. The summed E-state index contributed by atoms with van der Waals surface area (Å²) in [5.74, 6) is 0. The summed E-state index contributed by atoms with van der Waals surface area (Å²) < 4.78 is 5.57. The summed E-state index contributed by atoms with van der Waals surface area (Å²) >= 11 is 0. The Morgan fingerprint density at radius 2 is 1.93 bits per heavy atom. The molecule has 2 fully saturated rings. The molecule has 6 nitrogen and oxygen atoms in total. The van der Waals surface area contributed by atoms with Gasteiger partial charge in [-0.25, -0.2) is 4.79 Å². The first-order valence-electron chi connectivity index (χ1n) is 9.56. The molecule has 2 aliphatic heterocycles. The Balaban J connectivity index is 1.49. The molecule has 2 aromatic rings. The third-order valence-corrected chi connectivity index (χ3v) is 5.66. The number of fused-ring (bicyclic) bond motifs is 2. The third kappa shape index (κ3) is 3.67. The average Bonchev–Trinajstić information content (AvgIpc) is 2.66. The molecule has 3 heterocycles. The monoisotopic (exact) mass is 367 g/mol. The molecule has 1 amide bonds. The highest BCUT2D eigenvalue weighted by atomic mass is 16.6. The smallest absolute Gasteiger partial charge is 0.410 e. The second-order valence-corrected chi connectivity index (χ2v) is 7.67. The molecule has 1 N–H and O–H groups in total. The van der Waals surface area contributed by atoms with Crippen LogP contribution in [0, 0.1) is 6.92 Å². The summed E-state index contributed by atoms with van der Waals surface area (Å²) in [7, 11) is 0. The second-order valence-electron chi connectivity index (χ2n) is 7.67. The van der Waals surface area contributed by atoms with Gasteiger partial charge in [0.25, 0.3) is 0 Å². The Morgan fingerprint density at radius 1 is 1.22 bits per heavy atom. The van der Waals surface area contributed by atoms with E-state index in [-0.39, 0.29) is 24.8 Å². The number of carbonyl (C=O) groups excluding carboxylic acids is 1. The summed E-state index contributed by atoms with van der Waals surface area (Å²) in [6, 6.07) is 9.62. The van der Waals surface area contributed by atoms with Crippen LogP contribution in [-0.4, -0.2) is 38.2 Å². The molecule has 27 heavy (non-hydrogen) atoms. The summed E-state index contributed by atoms with van der Waals surface area (Å²) in [6.07, 6.45) is 6.80. The Bertz CT molecular complexity index is 797. The van der Waals surface area contributed by atoms with Gasteiger partial charge >= 0.3 is 6.09 Å². The van der Waals surface area contributed by atoms with Gasteiger partial charge in [0, 0.05) is 31.1 Å². The van der Waals surface area contributed by atoms with Crippen molar-refractivity contribution < 1.29 is 14.6 Å². The highest BCUT2D eigenvalue weighted by Gasteiger charge is 2.49. The van der Waals surface area contributed by atoms with Crippen molar-refractivity contribution in [2.24, 2.45) is 0 Å². The quantitative estimate of drug-likeness (QED) is 0.901. The van der Waals surface area contributed by atoms with Crippen LogP contribution in [0.3, 0.4) is 0 Å². The van der Waals surface area contributed by atoms with E-state index in [4.69, 9.17) is 4.74 Å². The highest BCUT2D eigenvalue weighted by molar-refractivity contribution is 5.69. The Hall–Kier alpha value is -2.47. The van der Waals surface area contributed by atoms with Crippen molar-refractivity contribution in [3.8, 4) is 0 Å². The number of hydrogen-bond acceptors (Lipinski definition) is 5. The largest absolute Gasteiger partial charge is 0.445 e. The van der Waals surface area contributed by atoms with Crippen LogP contribution in [0.15, 0.2) is 42.7 Å². The molecule has 2 aliphatic rings. The van der Waals surface area contributed by atoms with Crippen molar-refractivity contribution >= 4 is 6.09 Å². The zero-order valence-corrected chi connectivity index (χ0v) is 15.5. The van der Waals surface area contributed by atoms with E-state index >= 15 is 0 Å². The molecule has 2 saturated heterocycles. The van der Waals surface area contributed by atoms with Crippen LogP contribution in [0.1, 0.15) is 49.1 Å². The number of benzene rings is 1. The van der Waals surface area contributed by atoms with Gasteiger partial charge in [-0.15, -0.1) is 0 Å². The molecular weight excluding hydrogens is 342 g/mol. The number of aromatic nitrogens is 2. The standard InChI is InChI=1S/C21H25N3O3/c1-15-12-22-13-19(23-15)21(26)10-17-8-5-9-18(11-21)24(17)20(25)27-14-16-6-3-2-4-7-16/h2-4,6-7,12-13,17-18,26H,5,8-11,14H2,1H3. The first-order valence-corrected chi connectivity index (χ1v) is 9.56. The zero-order chi connectivity index (χ0) is 18.9. The maximum Gasteiger partial charge on any atom is 0.410 e. The minimum atomic E-state index is -1.04. The lowest BCUT2D eigenvalue weighted by Crippen LogP contribution is -2.59. The van der Waals surface area contributed by atoms with E-state index in [2.05, 4.69) is 9.97 Å². The Morgan fingerprint density at radius 3 is 2.59 bits per heavy atom. The topological polar surface area (TPSA) is 75.6 Å². The van der Waals surface area contributed by atoms with Crippen LogP contribution in [0.2, 0.25) is 0 Å². The highest BCUT2D eigenvalue weighted by Crippen LogP contribution is 2.44. The molecule has 2 bridgehead atoms. The van der Waals surface area contributed by atoms with E-state index in [1.807, 2.05) is 42.2 Å². The lowest BCUT2D eigenvalue weighted by Gasteiger charge is -2.50. The molecule has 1 aromatic carbocycles. The predicted molar refractivity (Wildman–Crippen MR) is 99.8 cm³/mol. The van der Waals surface area contributed by atoms with E-state index in [1.54, 1.807) is 12.4 Å². The lowest BCUT2D eigenvalue weighted by atomic mass is 9.74. The third-order valence-electron chi connectivity index (χ3n) is 5.66. The minimum Gasteiger partial charge on any atom is -0.445 e. The summed E-state index contributed by atoms with van der Waals surface area (Å²) in [5.41, 5.74) is 1.33. The maximum atomic E-state index is 12.8. The van der Waals surface area contributed by atoms with E-state index in [1.165, 1.54) is 0 Å². The van der Waals surface area contributed by atoms with E-state index in [0.29, 0.717) is 18.5 Å². The fourth-order valence-corrected chi connectivity index (χ4v) is 4.42. The van der Waals surface area contributed by atoms with Crippen molar-refractivity contribution in [3.63, 3.8) is 0 Å². The maximum absolute atomic E-state index is 12.8. The van der Waals surface area contributed by atoms with Crippen LogP contribution in [0.4, 0.5) is 4.79 Å². The van der Waals surface area contributed by atoms with Crippen molar-refractivity contribution in [2.45, 2.75) is 63.3 Å². The fraction of sp³-hybridized carbons (Fsp3) is 0.476. The van der Waals surface area contributed by atoms with Crippen LogP contribution in [0.25, 0.3) is 0 Å². The first-order chi connectivity index (χ1) is 13.0. The first kappa shape index (κ1) is 17.9. The number of piperidine rings is 2. The molecule has 142 valence electrons. The second kappa shape index (κ2) is 7.27. The molecule has 6 heteroatoms. The van der Waals surface area contributed by atoms with Crippen LogP contribution < -0.4 is 0 Å². The molecule has 0 spiro atoms. The lowest BCUT2D eigenvalue weighted by molar-refractivity contribution is -0.0920. The van der Waals surface area contributed by atoms with Crippen molar-refractivity contribution in [2.75, 3.05) is 0 Å². The molecule has 2 atom stereocenters. The number of aryl methyl sites for hydroxylation is 1. The molecule has 0 radical (unpaired) electrons. The molecule has 0 saturated carbocycles. The van der Waals surface area contributed by atoms with E-state index in [0.717, 1.165) is 30.5 Å². The number of aliphatic hydroxyl groups is 1. The summed E-state index contributed by atoms with van der Waals surface area (Å²) in [5, 5.41) is 11.3. The van der Waals surface area contributed by atoms with Gasteiger partial charge in [0.05, 0.1) is 17.6 Å². The number of rotatable bonds is 3. The van der Waals surface area contributed by atoms with Gasteiger partial charge < -0.3 is 14.7 Å². The Labute approximate surface area is 159 Å².